The Balaban J connectivity index is 0.971. The van der Waals surface area contributed by atoms with E-state index in [9.17, 15) is 0 Å². The van der Waals surface area contributed by atoms with Crippen molar-refractivity contribution in [2.24, 2.45) is 0 Å². The summed E-state index contributed by atoms with van der Waals surface area (Å²) >= 11 is 0. The van der Waals surface area contributed by atoms with Gasteiger partial charge in [0.05, 0.1) is 5.69 Å². The molecule has 11 aromatic rings. The molecule has 0 saturated carbocycles. The minimum absolute atomic E-state index is 1.10. The van der Waals surface area contributed by atoms with Crippen molar-refractivity contribution in [3.05, 3.63) is 237 Å². The van der Waals surface area contributed by atoms with Gasteiger partial charge in [0.25, 0.3) is 0 Å². The Kier molecular flexibility index (Phi) is 8.56. The number of para-hydroxylation sites is 1. The van der Waals surface area contributed by atoms with Crippen LogP contribution in [0.5, 0.6) is 0 Å². The van der Waals surface area contributed by atoms with Gasteiger partial charge in [-0.3, -0.25) is 0 Å². The summed E-state index contributed by atoms with van der Waals surface area (Å²) in [6.45, 7) is 0. The molecule has 1 heteroatoms. The predicted molar refractivity (Wildman–Crippen MR) is 253 cm³/mol. The SMILES string of the molecule is c1ccc(-c2ccc(N(c3ccc(-c4ccc(-c5cc6ccc7ccccc7c6c6ccccc56)cc4)cc3)c3ccccc3-c3ccc4ccccc4c3)cc2)cc1. The Bertz CT molecular complexity index is 3290. The first-order valence-electron chi connectivity index (χ1n) is 20.3. The van der Waals surface area contributed by atoms with E-state index in [0.29, 0.717) is 0 Å². The Morgan fingerprint density at radius 3 is 1.42 bits per heavy atom. The highest BCUT2D eigenvalue weighted by Gasteiger charge is 2.18. The fourth-order valence-electron chi connectivity index (χ4n) is 8.89. The lowest BCUT2D eigenvalue weighted by Gasteiger charge is -2.28. The third-order valence-electron chi connectivity index (χ3n) is 11.8. The maximum Gasteiger partial charge on any atom is 0.0540 e. The quantitative estimate of drug-likeness (QED) is 0.147. The minimum Gasteiger partial charge on any atom is -0.310 e. The van der Waals surface area contributed by atoms with Gasteiger partial charge < -0.3 is 4.90 Å². The zero-order chi connectivity index (χ0) is 39.1. The van der Waals surface area contributed by atoms with Gasteiger partial charge in [0.2, 0.25) is 0 Å². The van der Waals surface area contributed by atoms with Crippen molar-refractivity contribution in [2.75, 3.05) is 4.90 Å². The van der Waals surface area contributed by atoms with Crippen molar-refractivity contribution < 1.29 is 0 Å². The average molecular weight is 750 g/mol. The molecule has 0 amide bonds. The molecule has 0 spiro atoms. The zero-order valence-corrected chi connectivity index (χ0v) is 32.5. The summed E-state index contributed by atoms with van der Waals surface area (Å²) in [6, 6.07) is 86.2. The number of hydrogen-bond acceptors (Lipinski definition) is 1. The van der Waals surface area contributed by atoms with E-state index in [1.807, 2.05) is 0 Å². The van der Waals surface area contributed by atoms with Crippen molar-refractivity contribution in [1.29, 1.82) is 0 Å². The molecule has 0 N–H and O–H groups in total. The van der Waals surface area contributed by atoms with E-state index in [0.717, 1.165) is 17.1 Å². The van der Waals surface area contributed by atoms with E-state index in [2.05, 4.69) is 241 Å². The molecule has 11 aromatic carbocycles. The maximum atomic E-state index is 2.39. The Morgan fingerprint density at radius 1 is 0.237 bits per heavy atom. The number of hydrogen-bond donors (Lipinski definition) is 0. The number of benzene rings is 11. The lowest BCUT2D eigenvalue weighted by molar-refractivity contribution is 1.28. The van der Waals surface area contributed by atoms with Crippen LogP contribution in [0.4, 0.5) is 17.1 Å². The molecular formula is C58H39N. The monoisotopic (exact) mass is 749 g/mol. The summed E-state index contributed by atoms with van der Waals surface area (Å²) in [5.74, 6) is 0. The van der Waals surface area contributed by atoms with Crippen LogP contribution >= 0.6 is 0 Å². The van der Waals surface area contributed by atoms with Gasteiger partial charge in [-0.2, -0.15) is 0 Å². The van der Waals surface area contributed by atoms with E-state index in [4.69, 9.17) is 0 Å². The second-order valence-electron chi connectivity index (χ2n) is 15.3. The standard InChI is InChI=1S/C58H39N/c1-2-12-40(13-3-1)43-30-34-50(35-31-43)59(57-21-11-10-17-52(57)48-28-24-41-14-4-5-16-47(41)38-48)51-36-32-44(33-37-51)42-22-25-46(26-23-42)56-39-49-29-27-45-15-6-7-18-53(45)58(49)55-20-9-8-19-54(55)56/h1-39H. The summed E-state index contributed by atoms with van der Waals surface area (Å²) < 4.78 is 0. The van der Waals surface area contributed by atoms with Gasteiger partial charge >= 0.3 is 0 Å². The van der Waals surface area contributed by atoms with Crippen LogP contribution in [0.25, 0.3) is 87.6 Å². The van der Waals surface area contributed by atoms with Gasteiger partial charge in [0.1, 0.15) is 0 Å². The van der Waals surface area contributed by atoms with E-state index in [1.165, 1.54) is 87.6 Å². The minimum atomic E-state index is 1.10. The molecule has 0 heterocycles. The van der Waals surface area contributed by atoms with Crippen LogP contribution in [0.2, 0.25) is 0 Å². The fraction of sp³-hybridized carbons (Fsp3) is 0. The second-order valence-corrected chi connectivity index (χ2v) is 15.3. The third kappa shape index (κ3) is 6.30. The molecule has 0 aliphatic carbocycles. The van der Waals surface area contributed by atoms with E-state index in [1.54, 1.807) is 0 Å². The van der Waals surface area contributed by atoms with E-state index in [-0.39, 0.29) is 0 Å². The Morgan fingerprint density at radius 2 is 0.712 bits per heavy atom. The van der Waals surface area contributed by atoms with E-state index < -0.39 is 0 Å². The van der Waals surface area contributed by atoms with Crippen LogP contribution in [0.1, 0.15) is 0 Å². The molecule has 0 aromatic heterocycles. The van der Waals surface area contributed by atoms with Gasteiger partial charge in [-0.1, -0.05) is 194 Å². The van der Waals surface area contributed by atoms with Crippen LogP contribution in [0, 0.1) is 0 Å². The lowest BCUT2D eigenvalue weighted by atomic mass is 9.90. The van der Waals surface area contributed by atoms with Crippen molar-refractivity contribution in [1.82, 2.24) is 0 Å². The molecular weight excluding hydrogens is 711 g/mol. The molecule has 0 unspecified atom stereocenters. The van der Waals surface area contributed by atoms with Crippen LogP contribution in [-0.4, -0.2) is 0 Å². The number of rotatable bonds is 7. The number of nitrogens with zero attached hydrogens (tertiary/aromatic N) is 1. The molecule has 0 bridgehead atoms. The highest BCUT2D eigenvalue weighted by molar-refractivity contribution is 6.23. The molecule has 59 heavy (non-hydrogen) atoms. The number of fused-ring (bicyclic) bond motifs is 6. The van der Waals surface area contributed by atoms with Gasteiger partial charge in [-0.25, -0.2) is 0 Å². The fourth-order valence-corrected chi connectivity index (χ4v) is 8.89. The highest BCUT2D eigenvalue weighted by Crippen LogP contribution is 2.43. The largest absolute Gasteiger partial charge is 0.310 e. The van der Waals surface area contributed by atoms with Crippen LogP contribution < -0.4 is 4.90 Å². The summed E-state index contributed by atoms with van der Waals surface area (Å²) in [4.78, 5) is 2.39. The zero-order valence-electron chi connectivity index (χ0n) is 32.5. The average Bonchev–Trinajstić information content (AvgIpc) is 3.32. The summed E-state index contributed by atoms with van der Waals surface area (Å²) in [6.07, 6.45) is 0. The molecule has 0 atom stereocenters. The van der Waals surface area contributed by atoms with Crippen LogP contribution in [-0.2, 0) is 0 Å². The van der Waals surface area contributed by atoms with Gasteiger partial charge in [-0.05, 0) is 124 Å². The maximum absolute atomic E-state index is 2.39. The van der Waals surface area contributed by atoms with Gasteiger partial charge in [-0.15, -0.1) is 0 Å². The first-order valence-corrected chi connectivity index (χ1v) is 20.3. The molecule has 1 nitrogen and oxygen atoms in total. The summed E-state index contributed by atoms with van der Waals surface area (Å²) in [7, 11) is 0. The molecule has 11 rings (SSSR count). The summed E-state index contributed by atoms with van der Waals surface area (Å²) in [5.41, 5.74) is 12.9. The molecule has 0 aliphatic rings. The lowest BCUT2D eigenvalue weighted by Crippen LogP contribution is -2.11. The molecule has 0 radical (unpaired) electrons. The first-order chi connectivity index (χ1) is 29.2. The first kappa shape index (κ1) is 34.5. The van der Waals surface area contributed by atoms with Crippen molar-refractivity contribution in [3.8, 4) is 44.5 Å². The summed E-state index contributed by atoms with van der Waals surface area (Å²) in [5, 5.41) is 10.2. The van der Waals surface area contributed by atoms with Crippen molar-refractivity contribution in [3.63, 3.8) is 0 Å². The van der Waals surface area contributed by atoms with Crippen molar-refractivity contribution in [2.45, 2.75) is 0 Å². The smallest absolute Gasteiger partial charge is 0.0540 e. The molecule has 0 saturated heterocycles. The van der Waals surface area contributed by atoms with Gasteiger partial charge in [0.15, 0.2) is 0 Å². The predicted octanol–water partition coefficient (Wildman–Crippen LogP) is 16.4. The molecule has 0 aliphatic heterocycles. The topological polar surface area (TPSA) is 3.24 Å². The van der Waals surface area contributed by atoms with Crippen molar-refractivity contribution >= 4 is 60.2 Å². The molecule has 276 valence electrons. The highest BCUT2D eigenvalue weighted by atomic mass is 15.1. The normalized spacial score (nSPS) is 11.4. The van der Waals surface area contributed by atoms with Crippen LogP contribution in [0.3, 0.4) is 0 Å². The van der Waals surface area contributed by atoms with Crippen LogP contribution in [0.15, 0.2) is 237 Å². The number of anilines is 3. The second kappa shape index (κ2) is 14.6. The Hall–Kier alpha value is -7.74. The third-order valence-corrected chi connectivity index (χ3v) is 11.8. The Labute approximate surface area is 344 Å². The van der Waals surface area contributed by atoms with E-state index >= 15 is 0 Å². The van der Waals surface area contributed by atoms with Gasteiger partial charge in [0, 0.05) is 16.9 Å². The molecule has 0 fully saturated rings.